The highest BCUT2D eigenvalue weighted by Crippen LogP contribution is 2.34. The van der Waals surface area contributed by atoms with Crippen LogP contribution in [0.25, 0.3) is 0 Å². The lowest BCUT2D eigenvalue weighted by Gasteiger charge is -2.33. The van der Waals surface area contributed by atoms with E-state index in [1.54, 1.807) is 4.57 Å². The van der Waals surface area contributed by atoms with E-state index in [-0.39, 0.29) is 17.2 Å². The van der Waals surface area contributed by atoms with Crippen LogP contribution in [0.4, 0.5) is 0 Å². The molecule has 19 heavy (non-hydrogen) atoms. The minimum atomic E-state index is -0.979. The van der Waals surface area contributed by atoms with Gasteiger partial charge in [-0.25, -0.2) is 4.79 Å². The maximum absolute atomic E-state index is 12.0. The van der Waals surface area contributed by atoms with Crippen molar-refractivity contribution in [2.45, 2.75) is 37.8 Å². The highest BCUT2D eigenvalue weighted by atomic mass is 16.4. The third-order valence-corrected chi connectivity index (χ3v) is 4.36. The van der Waals surface area contributed by atoms with E-state index in [9.17, 15) is 9.59 Å². The summed E-state index contributed by atoms with van der Waals surface area (Å²) in [4.78, 5) is 25.5. The quantitative estimate of drug-likeness (QED) is 0.873. The van der Waals surface area contributed by atoms with Crippen LogP contribution in [0.15, 0.2) is 23.1 Å². The standard InChI is InChI=1S/C14H18N2O3/c17-13-5-4-10(14(18)19)9-16(13)12-6-8-15-7-2-1-3-11(12)15/h4-5,9,11-12H,1-3,6-8H2,(H,18,19). The van der Waals surface area contributed by atoms with Crippen molar-refractivity contribution in [2.24, 2.45) is 0 Å². The summed E-state index contributed by atoms with van der Waals surface area (Å²) in [5.74, 6) is -0.979. The molecule has 0 radical (unpaired) electrons. The van der Waals surface area contributed by atoms with Gasteiger partial charge in [-0.1, -0.05) is 6.42 Å². The summed E-state index contributed by atoms with van der Waals surface area (Å²) in [6.07, 6.45) is 5.98. The molecule has 102 valence electrons. The Balaban J connectivity index is 1.95. The molecule has 2 unspecified atom stereocenters. The lowest BCUT2D eigenvalue weighted by molar-refractivity contribution is 0.0695. The predicted molar refractivity (Wildman–Crippen MR) is 70.5 cm³/mol. The number of pyridine rings is 1. The molecule has 1 aromatic rings. The monoisotopic (exact) mass is 262 g/mol. The average Bonchev–Trinajstić information content (AvgIpc) is 2.83. The predicted octanol–water partition coefficient (Wildman–Crippen LogP) is 1.35. The van der Waals surface area contributed by atoms with E-state index >= 15 is 0 Å². The number of hydrogen-bond acceptors (Lipinski definition) is 3. The van der Waals surface area contributed by atoms with Crippen LogP contribution in [0.5, 0.6) is 0 Å². The third-order valence-electron chi connectivity index (χ3n) is 4.36. The van der Waals surface area contributed by atoms with Gasteiger partial charge in [0.1, 0.15) is 0 Å². The smallest absolute Gasteiger partial charge is 0.337 e. The van der Waals surface area contributed by atoms with Gasteiger partial charge in [0.05, 0.1) is 11.6 Å². The van der Waals surface area contributed by atoms with Gasteiger partial charge in [-0.15, -0.1) is 0 Å². The van der Waals surface area contributed by atoms with Crippen molar-refractivity contribution in [2.75, 3.05) is 13.1 Å². The van der Waals surface area contributed by atoms with Crippen LogP contribution < -0.4 is 5.56 Å². The SMILES string of the molecule is O=C(O)c1ccc(=O)n(C2CCN3CCCCC23)c1. The molecule has 5 nitrogen and oxygen atoms in total. The van der Waals surface area contributed by atoms with E-state index in [1.807, 2.05) is 0 Å². The van der Waals surface area contributed by atoms with Crippen LogP contribution in [0.3, 0.4) is 0 Å². The van der Waals surface area contributed by atoms with Crippen LogP contribution in [-0.2, 0) is 0 Å². The largest absolute Gasteiger partial charge is 0.478 e. The highest BCUT2D eigenvalue weighted by Gasteiger charge is 2.36. The van der Waals surface area contributed by atoms with E-state index in [0.29, 0.717) is 6.04 Å². The first-order valence-corrected chi connectivity index (χ1v) is 6.86. The molecular formula is C14H18N2O3. The molecule has 1 aromatic heterocycles. The van der Waals surface area contributed by atoms with Crippen LogP contribution in [0.2, 0.25) is 0 Å². The van der Waals surface area contributed by atoms with E-state index in [0.717, 1.165) is 25.9 Å². The number of fused-ring (bicyclic) bond motifs is 1. The van der Waals surface area contributed by atoms with Crippen LogP contribution in [0, 0.1) is 0 Å². The number of hydrogen-bond donors (Lipinski definition) is 1. The van der Waals surface area contributed by atoms with Gasteiger partial charge >= 0.3 is 5.97 Å². The van der Waals surface area contributed by atoms with Gasteiger partial charge in [0.15, 0.2) is 0 Å². The summed E-state index contributed by atoms with van der Waals surface area (Å²) >= 11 is 0. The van der Waals surface area contributed by atoms with E-state index < -0.39 is 5.97 Å². The van der Waals surface area contributed by atoms with Gasteiger partial charge < -0.3 is 9.67 Å². The summed E-state index contributed by atoms with van der Waals surface area (Å²) in [7, 11) is 0. The Morgan fingerprint density at radius 2 is 2.00 bits per heavy atom. The minimum absolute atomic E-state index is 0.0950. The number of nitrogens with zero attached hydrogens (tertiary/aromatic N) is 2. The lowest BCUT2D eigenvalue weighted by atomic mass is 9.98. The Morgan fingerprint density at radius 1 is 1.16 bits per heavy atom. The van der Waals surface area contributed by atoms with Crippen molar-refractivity contribution < 1.29 is 9.90 Å². The fourth-order valence-electron chi connectivity index (χ4n) is 3.43. The Morgan fingerprint density at radius 3 is 2.79 bits per heavy atom. The van der Waals surface area contributed by atoms with Crippen molar-refractivity contribution in [3.63, 3.8) is 0 Å². The second kappa shape index (κ2) is 4.81. The maximum Gasteiger partial charge on any atom is 0.337 e. The molecule has 0 saturated carbocycles. The van der Waals surface area contributed by atoms with E-state index in [1.165, 1.54) is 31.2 Å². The summed E-state index contributed by atoms with van der Waals surface area (Å²) in [6, 6.07) is 3.28. The first-order valence-electron chi connectivity index (χ1n) is 6.86. The molecule has 2 atom stereocenters. The number of rotatable bonds is 2. The second-order valence-electron chi connectivity index (χ2n) is 5.42. The van der Waals surface area contributed by atoms with Crippen LogP contribution in [-0.4, -0.2) is 39.7 Å². The number of aromatic carboxylic acids is 1. The fourth-order valence-corrected chi connectivity index (χ4v) is 3.43. The zero-order valence-electron chi connectivity index (χ0n) is 10.8. The van der Waals surface area contributed by atoms with E-state index in [4.69, 9.17) is 5.11 Å². The lowest BCUT2D eigenvalue weighted by Crippen LogP contribution is -2.39. The third kappa shape index (κ3) is 2.18. The molecule has 5 heteroatoms. The summed E-state index contributed by atoms with van der Waals surface area (Å²) in [6.45, 7) is 2.12. The molecule has 0 spiro atoms. The van der Waals surface area contributed by atoms with Crippen molar-refractivity contribution >= 4 is 5.97 Å². The first kappa shape index (κ1) is 12.4. The molecule has 2 aliphatic rings. The zero-order chi connectivity index (χ0) is 13.4. The molecule has 1 N–H and O–H groups in total. The Hall–Kier alpha value is -1.62. The van der Waals surface area contributed by atoms with Gasteiger partial charge in [0, 0.05) is 24.8 Å². The van der Waals surface area contributed by atoms with Crippen molar-refractivity contribution in [3.05, 3.63) is 34.2 Å². The van der Waals surface area contributed by atoms with Gasteiger partial charge in [0.2, 0.25) is 0 Å². The maximum atomic E-state index is 12.0. The Bertz CT molecular complexity index is 552. The number of carboxylic acid groups (broad SMARTS) is 1. The van der Waals surface area contributed by atoms with Crippen LogP contribution in [0.1, 0.15) is 42.1 Å². The molecule has 3 rings (SSSR count). The fraction of sp³-hybridized carbons (Fsp3) is 0.571. The van der Waals surface area contributed by atoms with Gasteiger partial charge in [0.25, 0.3) is 5.56 Å². The number of carboxylic acids is 1. The van der Waals surface area contributed by atoms with E-state index in [2.05, 4.69) is 4.90 Å². The summed E-state index contributed by atoms with van der Waals surface area (Å²) in [5, 5.41) is 9.05. The molecule has 0 amide bonds. The van der Waals surface area contributed by atoms with Gasteiger partial charge in [-0.05, 0) is 31.9 Å². The second-order valence-corrected chi connectivity index (χ2v) is 5.42. The Kier molecular flexibility index (Phi) is 3.14. The molecule has 2 aliphatic heterocycles. The van der Waals surface area contributed by atoms with Crippen molar-refractivity contribution in [1.82, 2.24) is 9.47 Å². The molecule has 2 saturated heterocycles. The molecular weight excluding hydrogens is 244 g/mol. The molecule has 2 fully saturated rings. The number of carbonyl (C=O) groups is 1. The zero-order valence-corrected chi connectivity index (χ0v) is 10.8. The van der Waals surface area contributed by atoms with Crippen molar-refractivity contribution in [1.29, 1.82) is 0 Å². The van der Waals surface area contributed by atoms with Gasteiger partial charge in [-0.3, -0.25) is 9.69 Å². The normalized spacial score (nSPS) is 27.2. The molecule has 3 heterocycles. The van der Waals surface area contributed by atoms with Gasteiger partial charge in [-0.2, -0.15) is 0 Å². The summed E-state index contributed by atoms with van der Waals surface area (Å²) < 4.78 is 1.64. The minimum Gasteiger partial charge on any atom is -0.478 e. The van der Waals surface area contributed by atoms with Crippen molar-refractivity contribution in [3.8, 4) is 0 Å². The molecule has 0 aromatic carbocycles. The molecule has 0 aliphatic carbocycles. The average molecular weight is 262 g/mol. The summed E-state index contributed by atoms with van der Waals surface area (Å²) in [5.41, 5.74) is 0.0938. The first-order chi connectivity index (χ1) is 9.16. The topological polar surface area (TPSA) is 62.5 Å². The highest BCUT2D eigenvalue weighted by molar-refractivity contribution is 5.87. The number of piperidine rings is 1. The Labute approximate surface area is 111 Å². The number of aromatic nitrogens is 1. The van der Waals surface area contributed by atoms with Crippen LogP contribution >= 0.6 is 0 Å². The molecule has 0 bridgehead atoms.